The highest BCUT2D eigenvalue weighted by atomic mass is 16.6. The van der Waals surface area contributed by atoms with E-state index in [0.29, 0.717) is 11.5 Å². The number of fused-ring (bicyclic) bond motifs is 1. The Balaban J connectivity index is 2.58. The summed E-state index contributed by atoms with van der Waals surface area (Å²) in [6, 6.07) is 3.67. The predicted octanol–water partition coefficient (Wildman–Crippen LogP) is 2.75. The number of hydrogen-bond donors (Lipinski definition) is 0. The summed E-state index contributed by atoms with van der Waals surface area (Å²) in [5.74, 6) is 0.814. The summed E-state index contributed by atoms with van der Waals surface area (Å²) in [6.45, 7) is 3.90. The molecule has 0 spiro atoms. The van der Waals surface area contributed by atoms with Crippen LogP contribution in [0.15, 0.2) is 18.2 Å². The Labute approximate surface area is 142 Å². The van der Waals surface area contributed by atoms with Gasteiger partial charge in [0.05, 0.1) is 19.8 Å². The summed E-state index contributed by atoms with van der Waals surface area (Å²) < 4.78 is 27.6. The Morgan fingerprint density at radius 3 is 2.42 bits per heavy atom. The Morgan fingerprint density at radius 1 is 1.17 bits per heavy atom. The zero-order valence-corrected chi connectivity index (χ0v) is 14.9. The second-order valence-electron chi connectivity index (χ2n) is 5.97. The van der Waals surface area contributed by atoms with Gasteiger partial charge in [-0.3, -0.25) is 0 Å². The topological polar surface area (TPSA) is 63.2 Å². The highest BCUT2D eigenvalue weighted by Gasteiger charge is 2.46. The third-order valence-corrected chi connectivity index (χ3v) is 4.12. The lowest BCUT2D eigenvalue weighted by molar-refractivity contribution is -0.140. The zero-order valence-electron chi connectivity index (χ0n) is 14.9. The fraction of sp³-hybridized carbons (Fsp3) is 0.500. The molecule has 0 N–H and O–H groups in total. The number of benzene rings is 1. The van der Waals surface area contributed by atoms with E-state index >= 15 is 0 Å². The lowest BCUT2D eigenvalue weighted by Crippen LogP contribution is -2.50. The van der Waals surface area contributed by atoms with Crippen LogP contribution in [0.2, 0.25) is 0 Å². The molecule has 24 heavy (non-hydrogen) atoms. The van der Waals surface area contributed by atoms with Crippen LogP contribution in [-0.4, -0.2) is 46.1 Å². The van der Waals surface area contributed by atoms with Crippen LogP contribution in [0.25, 0.3) is 6.08 Å². The van der Waals surface area contributed by atoms with Gasteiger partial charge in [0, 0.05) is 25.9 Å². The van der Waals surface area contributed by atoms with Crippen molar-refractivity contribution in [3.8, 4) is 11.5 Å². The maximum atomic E-state index is 11.4. The van der Waals surface area contributed by atoms with Crippen LogP contribution in [0, 0.1) is 0 Å². The van der Waals surface area contributed by atoms with Crippen molar-refractivity contribution in [2.45, 2.75) is 31.7 Å². The summed E-state index contributed by atoms with van der Waals surface area (Å²) in [7, 11) is 6.15. The fourth-order valence-corrected chi connectivity index (χ4v) is 3.05. The van der Waals surface area contributed by atoms with Gasteiger partial charge in [-0.1, -0.05) is 0 Å². The van der Waals surface area contributed by atoms with Gasteiger partial charge in [0.15, 0.2) is 0 Å². The fourth-order valence-electron chi connectivity index (χ4n) is 3.05. The predicted molar refractivity (Wildman–Crippen MR) is 89.3 cm³/mol. The van der Waals surface area contributed by atoms with Crippen LogP contribution in [0.5, 0.6) is 11.5 Å². The standard InChI is InChI=1S/C18H24O6/c1-18(2)17(23-6)16(22-5)14-12(24-18)9-7-11(15(14)21-4)8-10-13(19)20-3/h7-10,16-17H,1-6H3/b10-8+. The van der Waals surface area contributed by atoms with E-state index < -0.39 is 11.6 Å². The molecule has 132 valence electrons. The molecule has 1 aliphatic heterocycles. The van der Waals surface area contributed by atoms with E-state index in [1.807, 2.05) is 26.0 Å². The first-order valence-electron chi connectivity index (χ1n) is 7.61. The minimum Gasteiger partial charge on any atom is -0.496 e. The van der Waals surface area contributed by atoms with E-state index in [4.69, 9.17) is 18.9 Å². The molecule has 0 aromatic heterocycles. The molecule has 0 radical (unpaired) electrons. The van der Waals surface area contributed by atoms with Gasteiger partial charge in [0.1, 0.15) is 29.3 Å². The van der Waals surface area contributed by atoms with Crippen LogP contribution in [0.4, 0.5) is 0 Å². The summed E-state index contributed by atoms with van der Waals surface area (Å²) in [5, 5.41) is 0. The van der Waals surface area contributed by atoms with Gasteiger partial charge >= 0.3 is 5.97 Å². The van der Waals surface area contributed by atoms with Crippen molar-refractivity contribution in [2.75, 3.05) is 28.4 Å². The quantitative estimate of drug-likeness (QED) is 0.608. The van der Waals surface area contributed by atoms with Crippen molar-refractivity contribution in [3.63, 3.8) is 0 Å². The average molecular weight is 336 g/mol. The molecule has 6 heteroatoms. The second kappa shape index (κ2) is 7.23. The van der Waals surface area contributed by atoms with Gasteiger partial charge in [-0.05, 0) is 32.1 Å². The van der Waals surface area contributed by atoms with Gasteiger partial charge in [-0.15, -0.1) is 0 Å². The maximum absolute atomic E-state index is 11.4. The third-order valence-electron chi connectivity index (χ3n) is 4.12. The maximum Gasteiger partial charge on any atom is 0.330 e. The molecule has 0 saturated carbocycles. The molecule has 2 atom stereocenters. The SMILES string of the molecule is COC(=O)/C=C/c1ccc2c(c1OC)C(OC)C(OC)C(C)(C)O2. The number of ether oxygens (including phenoxy) is 5. The number of carbonyl (C=O) groups excluding carboxylic acids is 1. The summed E-state index contributed by atoms with van der Waals surface area (Å²) in [6.07, 6.45) is 2.30. The first-order valence-corrected chi connectivity index (χ1v) is 7.61. The van der Waals surface area contributed by atoms with Gasteiger partial charge < -0.3 is 23.7 Å². The summed E-state index contributed by atoms with van der Waals surface area (Å²) in [4.78, 5) is 11.4. The van der Waals surface area contributed by atoms with E-state index in [-0.39, 0.29) is 12.2 Å². The normalized spacial score (nSPS) is 21.9. The first kappa shape index (κ1) is 18.3. The van der Waals surface area contributed by atoms with Crippen LogP contribution in [-0.2, 0) is 19.0 Å². The molecule has 0 amide bonds. The molecule has 0 bridgehead atoms. The first-order chi connectivity index (χ1) is 11.4. The smallest absolute Gasteiger partial charge is 0.330 e. The molecule has 2 unspecified atom stereocenters. The van der Waals surface area contributed by atoms with Crippen LogP contribution in [0.3, 0.4) is 0 Å². The zero-order chi connectivity index (χ0) is 17.9. The number of esters is 1. The number of carbonyl (C=O) groups is 1. The molecule has 1 heterocycles. The van der Waals surface area contributed by atoms with E-state index in [9.17, 15) is 4.79 Å². The Bertz CT molecular complexity index is 635. The molecule has 0 aliphatic carbocycles. The number of hydrogen-bond acceptors (Lipinski definition) is 6. The molecule has 1 aromatic rings. The van der Waals surface area contributed by atoms with E-state index in [1.165, 1.54) is 13.2 Å². The van der Waals surface area contributed by atoms with Crippen LogP contribution < -0.4 is 9.47 Å². The highest BCUT2D eigenvalue weighted by molar-refractivity contribution is 5.87. The minimum atomic E-state index is -0.559. The molecular formula is C18H24O6. The van der Waals surface area contributed by atoms with E-state index in [1.54, 1.807) is 27.4 Å². The van der Waals surface area contributed by atoms with Gasteiger partial charge in [0.2, 0.25) is 0 Å². The summed E-state index contributed by atoms with van der Waals surface area (Å²) >= 11 is 0. The lowest BCUT2D eigenvalue weighted by Gasteiger charge is -2.43. The Morgan fingerprint density at radius 2 is 1.88 bits per heavy atom. The molecule has 0 saturated heterocycles. The Kier molecular flexibility index (Phi) is 5.51. The van der Waals surface area contributed by atoms with E-state index in [0.717, 1.165) is 11.1 Å². The van der Waals surface area contributed by atoms with Gasteiger partial charge in [0.25, 0.3) is 0 Å². The molecule has 0 fully saturated rings. The molecule has 6 nitrogen and oxygen atoms in total. The molecule has 2 rings (SSSR count). The van der Waals surface area contributed by atoms with Crippen molar-refractivity contribution in [2.24, 2.45) is 0 Å². The summed E-state index contributed by atoms with van der Waals surface area (Å²) in [5.41, 5.74) is 0.927. The number of methoxy groups -OCH3 is 4. The number of rotatable bonds is 5. The monoisotopic (exact) mass is 336 g/mol. The molecule has 1 aliphatic rings. The van der Waals surface area contributed by atoms with Crippen LogP contribution in [0.1, 0.15) is 31.1 Å². The minimum absolute atomic E-state index is 0.316. The Hall–Kier alpha value is -2.05. The van der Waals surface area contributed by atoms with Gasteiger partial charge in [-0.2, -0.15) is 0 Å². The van der Waals surface area contributed by atoms with Crippen molar-refractivity contribution in [1.82, 2.24) is 0 Å². The van der Waals surface area contributed by atoms with Crippen molar-refractivity contribution < 1.29 is 28.5 Å². The largest absolute Gasteiger partial charge is 0.496 e. The van der Waals surface area contributed by atoms with E-state index in [2.05, 4.69) is 4.74 Å². The second-order valence-corrected chi connectivity index (χ2v) is 5.97. The van der Waals surface area contributed by atoms with Crippen molar-refractivity contribution in [1.29, 1.82) is 0 Å². The highest BCUT2D eigenvalue weighted by Crippen LogP contribution is 2.48. The van der Waals surface area contributed by atoms with Crippen molar-refractivity contribution in [3.05, 3.63) is 29.3 Å². The lowest BCUT2D eigenvalue weighted by atomic mass is 9.86. The molecular weight excluding hydrogens is 312 g/mol. The average Bonchev–Trinajstić information content (AvgIpc) is 2.56. The molecule has 1 aromatic carbocycles. The third kappa shape index (κ3) is 3.25. The van der Waals surface area contributed by atoms with Crippen LogP contribution >= 0.6 is 0 Å². The van der Waals surface area contributed by atoms with Crippen molar-refractivity contribution >= 4 is 12.0 Å². The van der Waals surface area contributed by atoms with Gasteiger partial charge in [-0.25, -0.2) is 4.79 Å².